The first-order valence-electron chi connectivity index (χ1n) is 8.54. The molecule has 0 spiro atoms. The Hall–Kier alpha value is -2.53. The van der Waals surface area contributed by atoms with E-state index in [9.17, 15) is 4.79 Å². The fourth-order valence-corrected chi connectivity index (χ4v) is 2.72. The first kappa shape index (κ1) is 17.3. The highest BCUT2D eigenvalue weighted by Gasteiger charge is 2.36. The number of ether oxygens (including phenoxy) is 1. The van der Waals surface area contributed by atoms with Gasteiger partial charge in [-0.1, -0.05) is 25.1 Å². The van der Waals surface area contributed by atoms with Crippen LogP contribution in [0.3, 0.4) is 0 Å². The van der Waals surface area contributed by atoms with Crippen LogP contribution < -0.4 is 10.1 Å². The molecule has 3 rings (SSSR count). The lowest BCUT2D eigenvalue weighted by Crippen LogP contribution is -2.20. The molecule has 25 heavy (non-hydrogen) atoms. The molecule has 1 aromatic carbocycles. The monoisotopic (exact) mass is 341 g/mol. The molecule has 1 aliphatic carbocycles. The summed E-state index contributed by atoms with van der Waals surface area (Å²) in [4.78, 5) is 12.0. The van der Waals surface area contributed by atoms with Gasteiger partial charge in [0.25, 0.3) is 0 Å². The summed E-state index contributed by atoms with van der Waals surface area (Å²) in [5.74, 6) is 3.38. The summed E-state index contributed by atoms with van der Waals surface area (Å²) in [7, 11) is 0. The van der Waals surface area contributed by atoms with E-state index in [4.69, 9.17) is 14.3 Å². The third kappa shape index (κ3) is 4.73. The SMILES string of the molecule is CC1CC1c1ccc(/C=C/C(=O)NCc2ccccc2OCCO)o1. The average Bonchev–Trinajstić information content (AvgIpc) is 3.17. The number of benzene rings is 1. The average molecular weight is 341 g/mol. The molecule has 1 aliphatic rings. The lowest BCUT2D eigenvalue weighted by molar-refractivity contribution is -0.116. The van der Waals surface area contributed by atoms with Gasteiger partial charge in [0.05, 0.1) is 6.61 Å². The molecule has 0 bridgehead atoms. The molecule has 2 aromatic rings. The molecule has 2 atom stereocenters. The quantitative estimate of drug-likeness (QED) is 0.724. The van der Waals surface area contributed by atoms with Crippen molar-refractivity contribution < 1.29 is 19.1 Å². The molecule has 0 saturated heterocycles. The van der Waals surface area contributed by atoms with Crippen LogP contribution in [0.5, 0.6) is 5.75 Å². The number of nitrogens with one attached hydrogen (secondary N) is 1. The number of furan rings is 1. The molecule has 2 N–H and O–H groups in total. The predicted octanol–water partition coefficient (Wildman–Crippen LogP) is 3.10. The van der Waals surface area contributed by atoms with E-state index in [-0.39, 0.29) is 19.1 Å². The number of para-hydroxylation sites is 1. The number of amides is 1. The molecular weight excluding hydrogens is 318 g/mol. The Labute approximate surface area is 147 Å². The van der Waals surface area contributed by atoms with Crippen LogP contribution in [0.4, 0.5) is 0 Å². The Morgan fingerprint density at radius 3 is 2.92 bits per heavy atom. The van der Waals surface area contributed by atoms with Gasteiger partial charge >= 0.3 is 0 Å². The van der Waals surface area contributed by atoms with Crippen LogP contribution in [0.1, 0.15) is 36.3 Å². The molecule has 1 aromatic heterocycles. The zero-order chi connectivity index (χ0) is 17.6. The van der Waals surface area contributed by atoms with Crippen LogP contribution in [-0.4, -0.2) is 24.2 Å². The number of rotatable bonds is 8. The second-order valence-electron chi connectivity index (χ2n) is 6.29. The van der Waals surface area contributed by atoms with Crippen LogP contribution in [0, 0.1) is 5.92 Å². The minimum atomic E-state index is -0.199. The largest absolute Gasteiger partial charge is 0.491 e. The van der Waals surface area contributed by atoms with Gasteiger partial charge in [-0.25, -0.2) is 0 Å². The number of carbonyl (C=O) groups excluding carboxylic acids is 1. The van der Waals surface area contributed by atoms with Crippen molar-refractivity contribution in [3.05, 3.63) is 59.6 Å². The Balaban J connectivity index is 1.52. The molecule has 0 aliphatic heterocycles. The van der Waals surface area contributed by atoms with Gasteiger partial charge in [-0.15, -0.1) is 0 Å². The summed E-state index contributed by atoms with van der Waals surface area (Å²) in [6.45, 7) is 2.74. The van der Waals surface area contributed by atoms with Crippen molar-refractivity contribution in [1.29, 1.82) is 0 Å². The van der Waals surface area contributed by atoms with E-state index in [0.29, 0.717) is 29.9 Å². The van der Waals surface area contributed by atoms with Crippen LogP contribution in [0.15, 0.2) is 46.9 Å². The van der Waals surface area contributed by atoms with Crippen LogP contribution in [0.25, 0.3) is 6.08 Å². The first-order valence-corrected chi connectivity index (χ1v) is 8.54. The van der Waals surface area contributed by atoms with Crippen molar-refractivity contribution in [2.45, 2.75) is 25.8 Å². The molecule has 0 radical (unpaired) electrons. The first-order chi connectivity index (χ1) is 12.2. The van der Waals surface area contributed by atoms with Crippen molar-refractivity contribution in [3.63, 3.8) is 0 Å². The van der Waals surface area contributed by atoms with Gasteiger partial charge in [0, 0.05) is 24.1 Å². The molecular formula is C20H23NO4. The summed E-state index contributed by atoms with van der Waals surface area (Å²) in [6.07, 6.45) is 4.32. The molecule has 5 nitrogen and oxygen atoms in total. The topological polar surface area (TPSA) is 71.7 Å². The smallest absolute Gasteiger partial charge is 0.244 e. The van der Waals surface area contributed by atoms with Gasteiger partial charge in [0.1, 0.15) is 23.9 Å². The Morgan fingerprint density at radius 2 is 2.16 bits per heavy atom. The van der Waals surface area contributed by atoms with E-state index < -0.39 is 0 Å². The van der Waals surface area contributed by atoms with Crippen molar-refractivity contribution in [3.8, 4) is 5.75 Å². The number of aliphatic hydroxyl groups excluding tert-OH is 1. The standard InChI is InChI=1S/C20H23NO4/c1-14-12-17(14)19-8-6-16(25-19)7-9-20(23)21-13-15-4-2-3-5-18(15)24-11-10-22/h2-9,14,17,22H,10-13H2,1H3,(H,21,23)/b9-7+. The van der Waals surface area contributed by atoms with Crippen LogP contribution >= 0.6 is 0 Å². The Kier molecular flexibility index (Phi) is 5.56. The highest BCUT2D eigenvalue weighted by atomic mass is 16.5. The van der Waals surface area contributed by atoms with Gasteiger partial charge in [0.15, 0.2) is 0 Å². The van der Waals surface area contributed by atoms with Gasteiger partial charge in [-0.05, 0) is 36.6 Å². The Morgan fingerprint density at radius 1 is 1.36 bits per heavy atom. The van der Waals surface area contributed by atoms with Gasteiger partial charge in [0.2, 0.25) is 5.91 Å². The summed E-state index contributed by atoms with van der Waals surface area (Å²) < 4.78 is 11.2. The second-order valence-corrected chi connectivity index (χ2v) is 6.29. The van der Waals surface area contributed by atoms with Gasteiger partial charge < -0.3 is 19.6 Å². The lowest BCUT2D eigenvalue weighted by atomic mass is 10.2. The van der Waals surface area contributed by atoms with Crippen LogP contribution in [0.2, 0.25) is 0 Å². The molecule has 5 heteroatoms. The fourth-order valence-electron chi connectivity index (χ4n) is 2.72. The van der Waals surface area contributed by atoms with Crippen molar-refractivity contribution >= 4 is 12.0 Å². The summed E-state index contributed by atoms with van der Waals surface area (Å²) in [6, 6.07) is 11.3. The van der Waals surface area contributed by atoms with Crippen LogP contribution in [-0.2, 0) is 11.3 Å². The molecule has 1 fully saturated rings. The number of hydrogen-bond donors (Lipinski definition) is 2. The molecule has 2 unspecified atom stereocenters. The zero-order valence-electron chi connectivity index (χ0n) is 14.3. The maximum atomic E-state index is 12.0. The number of aliphatic hydroxyl groups is 1. The van der Waals surface area contributed by atoms with E-state index in [2.05, 4.69) is 12.2 Å². The normalized spacial score (nSPS) is 19.1. The number of hydrogen-bond acceptors (Lipinski definition) is 4. The summed E-state index contributed by atoms with van der Waals surface area (Å²) in [5, 5.41) is 11.7. The third-order valence-corrected chi connectivity index (χ3v) is 4.30. The van der Waals surface area contributed by atoms with Gasteiger partial charge in [-0.3, -0.25) is 4.79 Å². The minimum absolute atomic E-state index is 0.0474. The van der Waals surface area contributed by atoms with Crippen molar-refractivity contribution in [2.75, 3.05) is 13.2 Å². The Bertz CT molecular complexity index is 750. The molecule has 1 amide bonds. The third-order valence-electron chi connectivity index (χ3n) is 4.30. The van der Waals surface area contributed by atoms with E-state index in [0.717, 1.165) is 11.3 Å². The van der Waals surface area contributed by atoms with Crippen molar-refractivity contribution in [1.82, 2.24) is 5.32 Å². The fraction of sp³-hybridized carbons (Fsp3) is 0.350. The highest BCUT2D eigenvalue weighted by molar-refractivity contribution is 5.91. The maximum Gasteiger partial charge on any atom is 0.244 e. The highest BCUT2D eigenvalue weighted by Crippen LogP contribution is 2.47. The second kappa shape index (κ2) is 8.03. The van der Waals surface area contributed by atoms with Crippen molar-refractivity contribution in [2.24, 2.45) is 5.92 Å². The lowest BCUT2D eigenvalue weighted by Gasteiger charge is -2.10. The molecule has 1 saturated carbocycles. The minimum Gasteiger partial charge on any atom is -0.491 e. The summed E-state index contributed by atoms with van der Waals surface area (Å²) in [5.41, 5.74) is 0.862. The van der Waals surface area contributed by atoms with E-state index in [1.807, 2.05) is 36.4 Å². The van der Waals surface area contributed by atoms with Gasteiger partial charge in [-0.2, -0.15) is 0 Å². The van der Waals surface area contributed by atoms with E-state index >= 15 is 0 Å². The maximum absolute atomic E-state index is 12.0. The predicted molar refractivity (Wildman–Crippen MR) is 95.1 cm³/mol. The van der Waals surface area contributed by atoms with E-state index in [1.54, 1.807) is 6.08 Å². The molecule has 132 valence electrons. The zero-order valence-corrected chi connectivity index (χ0v) is 14.3. The van der Waals surface area contributed by atoms with E-state index in [1.165, 1.54) is 12.5 Å². The number of carbonyl (C=O) groups is 1. The summed E-state index contributed by atoms with van der Waals surface area (Å²) >= 11 is 0. The molecule has 1 heterocycles.